The molecule has 0 bridgehead atoms. The van der Waals surface area contributed by atoms with Crippen molar-refractivity contribution in [2.45, 2.75) is 19.9 Å². The number of nitrogens with zero attached hydrogens (tertiary/aromatic N) is 4. The van der Waals surface area contributed by atoms with E-state index in [1.54, 1.807) is 10.9 Å². The fourth-order valence-corrected chi connectivity index (χ4v) is 1.80. The van der Waals surface area contributed by atoms with Gasteiger partial charge >= 0.3 is 0 Å². The van der Waals surface area contributed by atoms with E-state index in [0.29, 0.717) is 5.56 Å². The smallest absolute Gasteiger partial charge is 0.101 e. The summed E-state index contributed by atoms with van der Waals surface area (Å²) in [4.78, 5) is 0. The van der Waals surface area contributed by atoms with Crippen molar-refractivity contribution < 1.29 is 0 Å². The molecule has 5 heteroatoms. The number of para-hydroxylation sites is 1. The number of nitriles is 1. The SMILES string of the molecule is Cc1cccc(C#N)c1NCCCn1ccnn1. The summed E-state index contributed by atoms with van der Waals surface area (Å²) in [6.45, 7) is 3.63. The van der Waals surface area contributed by atoms with Gasteiger partial charge in [0.05, 0.1) is 17.4 Å². The molecule has 2 aromatic rings. The van der Waals surface area contributed by atoms with E-state index in [0.717, 1.165) is 30.8 Å². The maximum Gasteiger partial charge on any atom is 0.101 e. The molecule has 0 aliphatic carbocycles. The summed E-state index contributed by atoms with van der Waals surface area (Å²) in [5, 5.41) is 20.0. The van der Waals surface area contributed by atoms with Crippen LogP contribution in [-0.4, -0.2) is 21.5 Å². The highest BCUT2D eigenvalue weighted by atomic mass is 15.4. The van der Waals surface area contributed by atoms with Crippen molar-refractivity contribution in [3.8, 4) is 6.07 Å². The third-order valence-corrected chi connectivity index (χ3v) is 2.73. The van der Waals surface area contributed by atoms with Crippen LogP contribution in [-0.2, 0) is 6.54 Å². The van der Waals surface area contributed by atoms with Crippen LogP contribution in [0.15, 0.2) is 30.6 Å². The molecule has 1 aromatic heterocycles. The summed E-state index contributed by atoms with van der Waals surface area (Å²) in [6.07, 6.45) is 4.44. The topological polar surface area (TPSA) is 66.5 Å². The van der Waals surface area contributed by atoms with Gasteiger partial charge in [-0.25, -0.2) is 0 Å². The van der Waals surface area contributed by atoms with Crippen molar-refractivity contribution in [2.24, 2.45) is 0 Å². The van der Waals surface area contributed by atoms with E-state index in [1.807, 2.05) is 31.3 Å². The van der Waals surface area contributed by atoms with Crippen molar-refractivity contribution >= 4 is 5.69 Å². The molecule has 1 N–H and O–H groups in total. The summed E-state index contributed by atoms with van der Waals surface area (Å²) in [5.41, 5.74) is 2.71. The standard InChI is InChI=1S/C13H15N5/c1-11-4-2-5-12(10-14)13(11)15-6-3-8-18-9-7-16-17-18/h2,4-5,7,9,15H,3,6,8H2,1H3. The Morgan fingerprint density at radius 2 is 2.33 bits per heavy atom. The first kappa shape index (κ1) is 12.1. The summed E-state index contributed by atoms with van der Waals surface area (Å²) in [5.74, 6) is 0. The van der Waals surface area contributed by atoms with Crippen LogP contribution in [0.3, 0.4) is 0 Å². The molecule has 0 unspecified atom stereocenters. The Morgan fingerprint density at radius 3 is 3.06 bits per heavy atom. The number of benzene rings is 1. The molecular formula is C13H15N5. The first-order valence-electron chi connectivity index (χ1n) is 5.89. The van der Waals surface area contributed by atoms with E-state index in [-0.39, 0.29) is 0 Å². The van der Waals surface area contributed by atoms with E-state index >= 15 is 0 Å². The van der Waals surface area contributed by atoms with Gasteiger partial charge in [0, 0.05) is 19.3 Å². The fourth-order valence-electron chi connectivity index (χ4n) is 1.80. The first-order valence-corrected chi connectivity index (χ1v) is 5.89. The van der Waals surface area contributed by atoms with Crippen LogP contribution in [0, 0.1) is 18.3 Å². The van der Waals surface area contributed by atoms with Gasteiger partial charge in [-0.15, -0.1) is 5.10 Å². The maximum absolute atomic E-state index is 9.04. The molecule has 0 saturated carbocycles. The fraction of sp³-hybridized carbons (Fsp3) is 0.308. The van der Waals surface area contributed by atoms with E-state index in [1.165, 1.54) is 0 Å². The summed E-state index contributed by atoms with van der Waals surface area (Å²) in [6, 6.07) is 7.92. The molecule has 0 fully saturated rings. The van der Waals surface area contributed by atoms with Crippen LogP contribution >= 0.6 is 0 Å². The number of nitrogens with one attached hydrogen (secondary N) is 1. The normalized spacial score (nSPS) is 10.0. The molecule has 0 radical (unpaired) electrons. The Kier molecular flexibility index (Phi) is 3.92. The molecule has 0 aliphatic heterocycles. The second-order valence-electron chi connectivity index (χ2n) is 4.06. The quantitative estimate of drug-likeness (QED) is 0.813. The van der Waals surface area contributed by atoms with Crippen LogP contribution in [0.5, 0.6) is 0 Å². The Morgan fingerprint density at radius 1 is 1.44 bits per heavy atom. The average molecular weight is 241 g/mol. The monoisotopic (exact) mass is 241 g/mol. The summed E-state index contributed by atoms with van der Waals surface area (Å²) in [7, 11) is 0. The molecule has 1 aromatic carbocycles. The van der Waals surface area contributed by atoms with Crippen molar-refractivity contribution in [1.82, 2.24) is 15.0 Å². The lowest BCUT2D eigenvalue weighted by Gasteiger charge is -2.10. The van der Waals surface area contributed by atoms with Gasteiger partial charge < -0.3 is 5.32 Å². The highest BCUT2D eigenvalue weighted by molar-refractivity contribution is 5.62. The zero-order valence-electron chi connectivity index (χ0n) is 10.3. The van der Waals surface area contributed by atoms with E-state index in [2.05, 4.69) is 21.7 Å². The van der Waals surface area contributed by atoms with Gasteiger partial charge in [-0.1, -0.05) is 17.3 Å². The van der Waals surface area contributed by atoms with Crippen LogP contribution < -0.4 is 5.32 Å². The molecule has 0 atom stereocenters. The highest BCUT2D eigenvalue weighted by Gasteiger charge is 2.03. The minimum atomic E-state index is 0.691. The predicted octanol–water partition coefficient (Wildman–Crippen LogP) is 1.96. The number of aryl methyl sites for hydroxylation is 2. The second-order valence-corrected chi connectivity index (χ2v) is 4.06. The van der Waals surface area contributed by atoms with E-state index in [9.17, 15) is 0 Å². The van der Waals surface area contributed by atoms with Gasteiger partial charge in [-0.2, -0.15) is 5.26 Å². The van der Waals surface area contributed by atoms with E-state index < -0.39 is 0 Å². The van der Waals surface area contributed by atoms with Crippen molar-refractivity contribution in [1.29, 1.82) is 5.26 Å². The zero-order chi connectivity index (χ0) is 12.8. The van der Waals surface area contributed by atoms with Crippen molar-refractivity contribution in [3.63, 3.8) is 0 Å². The zero-order valence-corrected chi connectivity index (χ0v) is 10.3. The molecular weight excluding hydrogens is 226 g/mol. The largest absolute Gasteiger partial charge is 0.384 e. The number of rotatable bonds is 5. The molecule has 1 heterocycles. The molecule has 0 aliphatic rings. The molecule has 18 heavy (non-hydrogen) atoms. The van der Waals surface area contributed by atoms with Gasteiger partial charge in [0.1, 0.15) is 6.07 Å². The molecule has 0 amide bonds. The number of aromatic nitrogens is 3. The number of hydrogen-bond donors (Lipinski definition) is 1. The van der Waals surface area contributed by atoms with Crippen LogP contribution in [0.4, 0.5) is 5.69 Å². The Bertz CT molecular complexity index is 539. The minimum absolute atomic E-state index is 0.691. The van der Waals surface area contributed by atoms with Crippen LogP contribution in [0.1, 0.15) is 17.5 Å². The second kappa shape index (κ2) is 5.82. The molecule has 0 saturated heterocycles. The minimum Gasteiger partial charge on any atom is -0.384 e. The molecule has 0 spiro atoms. The third-order valence-electron chi connectivity index (χ3n) is 2.73. The molecule has 5 nitrogen and oxygen atoms in total. The van der Waals surface area contributed by atoms with Gasteiger partial charge in [0.15, 0.2) is 0 Å². The lowest BCUT2D eigenvalue weighted by atomic mass is 10.1. The Balaban J connectivity index is 1.89. The highest BCUT2D eigenvalue weighted by Crippen LogP contribution is 2.19. The summed E-state index contributed by atoms with van der Waals surface area (Å²) < 4.78 is 1.80. The van der Waals surface area contributed by atoms with Gasteiger partial charge in [-0.05, 0) is 25.0 Å². The van der Waals surface area contributed by atoms with Gasteiger partial charge in [0.25, 0.3) is 0 Å². The Hall–Kier alpha value is -2.35. The van der Waals surface area contributed by atoms with Crippen LogP contribution in [0.2, 0.25) is 0 Å². The van der Waals surface area contributed by atoms with Crippen molar-refractivity contribution in [3.05, 3.63) is 41.7 Å². The third kappa shape index (κ3) is 2.86. The summed E-state index contributed by atoms with van der Waals surface area (Å²) >= 11 is 0. The molecule has 92 valence electrons. The molecule has 2 rings (SSSR count). The van der Waals surface area contributed by atoms with E-state index in [4.69, 9.17) is 5.26 Å². The van der Waals surface area contributed by atoms with Crippen LogP contribution in [0.25, 0.3) is 0 Å². The first-order chi connectivity index (χ1) is 8.81. The Labute approximate surface area is 106 Å². The number of hydrogen-bond acceptors (Lipinski definition) is 4. The maximum atomic E-state index is 9.04. The van der Waals surface area contributed by atoms with Gasteiger partial charge in [0.2, 0.25) is 0 Å². The lowest BCUT2D eigenvalue weighted by molar-refractivity contribution is 0.570. The van der Waals surface area contributed by atoms with Crippen molar-refractivity contribution in [2.75, 3.05) is 11.9 Å². The van der Waals surface area contributed by atoms with Gasteiger partial charge in [-0.3, -0.25) is 4.68 Å². The number of anilines is 1. The lowest BCUT2D eigenvalue weighted by Crippen LogP contribution is -2.09. The predicted molar refractivity (Wildman–Crippen MR) is 69.0 cm³/mol. The average Bonchev–Trinajstić information content (AvgIpc) is 2.89.